The van der Waals surface area contributed by atoms with Gasteiger partial charge in [0.05, 0.1) is 23.8 Å². The molecule has 8 heteroatoms. The summed E-state index contributed by atoms with van der Waals surface area (Å²) in [6, 6.07) is 10.2. The zero-order chi connectivity index (χ0) is 17.1. The molecule has 1 N–H and O–H groups in total. The van der Waals surface area contributed by atoms with Crippen molar-refractivity contribution in [3.05, 3.63) is 58.9 Å². The van der Waals surface area contributed by atoms with Crippen molar-refractivity contribution in [2.75, 3.05) is 7.11 Å². The molecule has 122 valence electrons. The molecule has 0 bridgehead atoms. The van der Waals surface area contributed by atoms with Crippen LogP contribution in [0.2, 0.25) is 0 Å². The van der Waals surface area contributed by atoms with Crippen LogP contribution in [0.4, 0.5) is 0 Å². The third kappa shape index (κ3) is 3.19. The molecule has 0 aliphatic carbocycles. The second kappa shape index (κ2) is 6.90. The lowest BCUT2D eigenvalue weighted by atomic mass is 10.2. The Hall–Kier alpha value is -2.58. The first-order chi connectivity index (χ1) is 11.6. The van der Waals surface area contributed by atoms with E-state index in [1.54, 1.807) is 42.5 Å². The van der Waals surface area contributed by atoms with Gasteiger partial charge in [-0.15, -0.1) is 0 Å². The minimum absolute atomic E-state index is 0.237. The lowest BCUT2D eigenvalue weighted by Gasteiger charge is -2.16. The van der Waals surface area contributed by atoms with Crippen LogP contribution in [0.15, 0.2) is 52.0 Å². The fraction of sp³-hybridized carbons (Fsp3) is 0.0625. The van der Waals surface area contributed by atoms with E-state index in [9.17, 15) is 9.59 Å². The van der Waals surface area contributed by atoms with Crippen LogP contribution in [-0.4, -0.2) is 28.3 Å². The number of rotatable bonds is 4. The first-order valence-corrected chi connectivity index (χ1v) is 8.08. The molecule has 3 rings (SSSR count). The molecule has 0 spiro atoms. The lowest BCUT2D eigenvalue weighted by Crippen LogP contribution is -2.44. The van der Waals surface area contributed by atoms with Crippen molar-refractivity contribution < 1.29 is 18.7 Å². The average Bonchev–Trinajstić information content (AvgIpc) is 3.19. The number of hydrogen-bond acceptors (Lipinski definition) is 6. The standard InChI is InChI=1S/C16H12N2O4S2/c1-21-12-7-3-2-6-11(12)14(19)17-18-15(20)13(24-16(18)23)9-10-5-4-8-22-10/h2-9H,1H3,(H,17,19)/b13-9+. The quantitative estimate of drug-likeness (QED) is 0.668. The summed E-state index contributed by atoms with van der Waals surface area (Å²) < 4.78 is 10.6. The van der Waals surface area contributed by atoms with Gasteiger partial charge in [-0.2, -0.15) is 5.01 Å². The summed E-state index contributed by atoms with van der Waals surface area (Å²) in [5, 5.41) is 1.05. The molecule has 1 saturated heterocycles. The van der Waals surface area contributed by atoms with Crippen LogP contribution >= 0.6 is 24.0 Å². The van der Waals surface area contributed by atoms with E-state index in [1.165, 1.54) is 13.4 Å². The van der Waals surface area contributed by atoms with Gasteiger partial charge in [0, 0.05) is 6.08 Å². The topological polar surface area (TPSA) is 71.8 Å². The number of ether oxygens (including phenoxy) is 1. The third-order valence-electron chi connectivity index (χ3n) is 3.18. The Bertz CT molecular complexity index is 830. The number of carbonyl (C=O) groups excluding carboxylic acids is 2. The molecule has 1 aliphatic heterocycles. The molecule has 1 aliphatic rings. The van der Waals surface area contributed by atoms with Gasteiger partial charge in [-0.1, -0.05) is 23.9 Å². The van der Waals surface area contributed by atoms with Crippen LogP contribution < -0.4 is 10.2 Å². The molecule has 6 nitrogen and oxygen atoms in total. The molecule has 2 heterocycles. The summed E-state index contributed by atoms with van der Waals surface area (Å²) in [5.41, 5.74) is 2.82. The van der Waals surface area contributed by atoms with Gasteiger partial charge in [0.25, 0.3) is 11.8 Å². The predicted octanol–water partition coefficient (Wildman–Crippen LogP) is 2.83. The van der Waals surface area contributed by atoms with Crippen LogP contribution in [-0.2, 0) is 4.79 Å². The summed E-state index contributed by atoms with van der Waals surface area (Å²) in [6.45, 7) is 0. The summed E-state index contributed by atoms with van der Waals surface area (Å²) in [5.74, 6) is 0.0470. The van der Waals surface area contributed by atoms with Gasteiger partial charge in [-0.25, -0.2) is 0 Å². The minimum Gasteiger partial charge on any atom is -0.496 e. The smallest absolute Gasteiger partial charge is 0.285 e. The van der Waals surface area contributed by atoms with E-state index in [4.69, 9.17) is 21.4 Å². The van der Waals surface area contributed by atoms with Gasteiger partial charge in [0.1, 0.15) is 11.5 Å². The number of thiocarbonyl (C=S) groups is 1. The number of hydrazine groups is 1. The van der Waals surface area contributed by atoms with Gasteiger partial charge in [0.2, 0.25) is 0 Å². The maximum atomic E-state index is 12.4. The van der Waals surface area contributed by atoms with Crippen molar-refractivity contribution >= 4 is 46.2 Å². The first-order valence-electron chi connectivity index (χ1n) is 6.85. The molecule has 0 radical (unpaired) electrons. The van der Waals surface area contributed by atoms with Gasteiger partial charge in [0.15, 0.2) is 4.32 Å². The highest BCUT2D eigenvalue weighted by Gasteiger charge is 2.34. The zero-order valence-corrected chi connectivity index (χ0v) is 14.1. The molecule has 1 fully saturated rings. The van der Waals surface area contributed by atoms with E-state index in [1.807, 2.05) is 0 Å². The molecule has 1 aromatic heterocycles. The van der Waals surface area contributed by atoms with Gasteiger partial charge in [-0.05, 0) is 36.5 Å². The van der Waals surface area contributed by atoms with E-state index in [-0.39, 0.29) is 4.32 Å². The van der Waals surface area contributed by atoms with E-state index in [0.717, 1.165) is 16.8 Å². The van der Waals surface area contributed by atoms with Crippen molar-refractivity contribution in [2.24, 2.45) is 0 Å². The molecule has 0 saturated carbocycles. The highest BCUT2D eigenvalue weighted by Crippen LogP contribution is 2.31. The Morgan fingerprint density at radius 1 is 1.33 bits per heavy atom. The number of amides is 2. The van der Waals surface area contributed by atoms with E-state index >= 15 is 0 Å². The first kappa shape index (κ1) is 16.3. The van der Waals surface area contributed by atoms with E-state index in [2.05, 4.69) is 5.43 Å². The Balaban J connectivity index is 1.79. The second-order valence-corrected chi connectivity index (χ2v) is 6.35. The van der Waals surface area contributed by atoms with Gasteiger partial charge < -0.3 is 9.15 Å². The zero-order valence-electron chi connectivity index (χ0n) is 12.5. The van der Waals surface area contributed by atoms with Crippen LogP contribution in [0.5, 0.6) is 5.75 Å². The van der Waals surface area contributed by atoms with Crippen molar-refractivity contribution in [2.45, 2.75) is 0 Å². The maximum absolute atomic E-state index is 12.4. The summed E-state index contributed by atoms with van der Waals surface area (Å²) >= 11 is 6.26. The summed E-state index contributed by atoms with van der Waals surface area (Å²) in [4.78, 5) is 25.2. The molecule has 24 heavy (non-hydrogen) atoms. The SMILES string of the molecule is COc1ccccc1C(=O)NN1C(=O)/C(=C\c2ccco2)SC1=S. The monoisotopic (exact) mass is 360 g/mol. The molecule has 0 unspecified atom stereocenters. The number of hydrogen-bond donors (Lipinski definition) is 1. The minimum atomic E-state index is -0.483. The number of nitrogens with zero attached hydrogens (tertiary/aromatic N) is 1. The molecular weight excluding hydrogens is 348 g/mol. The van der Waals surface area contributed by atoms with Crippen molar-refractivity contribution in [3.8, 4) is 5.75 Å². The van der Waals surface area contributed by atoms with E-state index in [0.29, 0.717) is 22.0 Å². The number of nitrogens with one attached hydrogen (secondary N) is 1. The Labute approximate surface area is 147 Å². The average molecular weight is 360 g/mol. The Morgan fingerprint density at radius 3 is 2.83 bits per heavy atom. The van der Waals surface area contributed by atoms with Crippen LogP contribution in [0.25, 0.3) is 6.08 Å². The largest absolute Gasteiger partial charge is 0.496 e. The highest BCUT2D eigenvalue weighted by atomic mass is 32.2. The van der Waals surface area contributed by atoms with Crippen molar-refractivity contribution in [1.82, 2.24) is 10.4 Å². The maximum Gasteiger partial charge on any atom is 0.285 e. The summed E-state index contributed by atoms with van der Waals surface area (Å²) in [7, 11) is 1.47. The molecule has 2 aromatic rings. The number of benzene rings is 1. The van der Waals surface area contributed by atoms with Crippen LogP contribution in [0.3, 0.4) is 0 Å². The fourth-order valence-electron chi connectivity index (χ4n) is 2.06. The number of furan rings is 1. The van der Waals surface area contributed by atoms with Gasteiger partial charge in [-0.3, -0.25) is 15.0 Å². The normalized spacial score (nSPS) is 15.9. The number of thioether (sulfide) groups is 1. The Kier molecular flexibility index (Phi) is 4.68. The number of carbonyl (C=O) groups is 2. The predicted molar refractivity (Wildman–Crippen MR) is 94.2 cm³/mol. The van der Waals surface area contributed by atoms with Crippen LogP contribution in [0, 0.1) is 0 Å². The fourth-order valence-corrected chi connectivity index (χ4v) is 3.22. The second-order valence-electron chi connectivity index (χ2n) is 4.67. The molecular formula is C16H12N2O4S2. The summed E-state index contributed by atoms with van der Waals surface area (Å²) in [6.07, 6.45) is 3.09. The van der Waals surface area contributed by atoms with Crippen LogP contribution in [0.1, 0.15) is 16.1 Å². The highest BCUT2D eigenvalue weighted by molar-refractivity contribution is 8.26. The molecule has 2 amide bonds. The van der Waals surface area contributed by atoms with Crippen molar-refractivity contribution in [1.29, 1.82) is 0 Å². The van der Waals surface area contributed by atoms with Gasteiger partial charge >= 0.3 is 0 Å². The van der Waals surface area contributed by atoms with Crippen molar-refractivity contribution in [3.63, 3.8) is 0 Å². The van der Waals surface area contributed by atoms with E-state index < -0.39 is 11.8 Å². The Morgan fingerprint density at radius 2 is 2.12 bits per heavy atom. The lowest BCUT2D eigenvalue weighted by molar-refractivity contribution is -0.123. The third-order valence-corrected chi connectivity index (χ3v) is 4.48. The molecule has 0 atom stereocenters. The molecule has 1 aromatic carbocycles. The number of methoxy groups -OCH3 is 1. The number of para-hydroxylation sites is 1.